The molecule has 0 atom stereocenters. The summed E-state index contributed by atoms with van der Waals surface area (Å²) in [7, 11) is 1.57. The van der Waals surface area contributed by atoms with Crippen molar-refractivity contribution >= 4 is 23.3 Å². The summed E-state index contributed by atoms with van der Waals surface area (Å²) in [6.45, 7) is 1.62. The van der Waals surface area contributed by atoms with E-state index in [2.05, 4.69) is 5.32 Å². The number of alkyl halides is 3. The molecule has 0 radical (unpaired) electrons. The molecule has 0 aliphatic heterocycles. The van der Waals surface area contributed by atoms with E-state index in [1.807, 2.05) is 47.2 Å². The van der Waals surface area contributed by atoms with E-state index in [9.17, 15) is 18.0 Å². The van der Waals surface area contributed by atoms with E-state index in [-0.39, 0.29) is 12.2 Å². The van der Waals surface area contributed by atoms with Crippen molar-refractivity contribution in [2.45, 2.75) is 25.7 Å². The number of nitrogens with one attached hydrogen (secondary N) is 1. The van der Waals surface area contributed by atoms with Gasteiger partial charge in [0.2, 0.25) is 0 Å². The van der Waals surface area contributed by atoms with E-state index in [4.69, 9.17) is 16.3 Å². The molecular formula is C24H25ClF3N3O2. The van der Waals surface area contributed by atoms with Gasteiger partial charge in [0.25, 0.3) is 0 Å². The second-order valence-corrected chi connectivity index (χ2v) is 7.90. The Morgan fingerprint density at radius 3 is 2.64 bits per heavy atom. The Morgan fingerprint density at radius 2 is 1.91 bits per heavy atom. The highest BCUT2D eigenvalue weighted by Crippen LogP contribution is 2.30. The van der Waals surface area contributed by atoms with Gasteiger partial charge in [-0.15, -0.1) is 0 Å². The number of hydrogen-bond donors (Lipinski definition) is 1. The number of ether oxygens (including phenoxy) is 1. The lowest BCUT2D eigenvalue weighted by Gasteiger charge is -2.24. The summed E-state index contributed by atoms with van der Waals surface area (Å²) in [6.07, 6.45) is -2.01. The third kappa shape index (κ3) is 7.00. The number of hydrogen-bond acceptors (Lipinski definition) is 2. The zero-order valence-electron chi connectivity index (χ0n) is 18.1. The fourth-order valence-corrected chi connectivity index (χ4v) is 3.58. The molecule has 0 bridgehead atoms. The lowest BCUT2D eigenvalue weighted by Crippen LogP contribution is -2.36. The van der Waals surface area contributed by atoms with Gasteiger partial charge < -0.3 is 19.5 Å². The standard InChI is InChI=1S/C24H25ClF3N3O2/c1-33-14-6-13-31(23(32)29-20-9-4-8-19(15-20)24(26,27)28)17-21-10-5-12-30(21)16-18-7-2-3-11-22(18)25/h2-5,7-12,15H,6,13-14,16-17H2,1H3,(H,29,32). The van der Waals surface area contributed by atoms with E-state index in [1.165, 1.54) is 12.1 Å². The molecule has 0 unspecified atom stereocenters. The lowest BCUT2D eigenvalue weighted by molar-refractivity contribution is -0.137. The van der Waals surface area contributed by atoms with Gasteiger partial charge in [0.05, 0.1) is 12.1 Å². The first-order chi connectivity index (χ1) is 15.8. The second kappa shape index (κ2) is 11.2. The van der Waals surface area contributed by atoms with Gasteiger partial charge >= 0.3 is 12.2 Å². The van der Waals surface area contributed by atoms with Gasteiger partial charge in [0.15, 0.2) is 0 Å². The fraction of sp³-hybridized carbons (Fsp3) is 0.292. The topological polar surface area (TPSA) is 46.5 Å². The van der Waals surface area contributed by atoms with Crippen LogP contribution in [0.25, 0.3) is 0 Å². The molecule has 0 spiro atoms. The Hall–Kier alpha value is -2.97. The van der Waals surface area contributed by atoms with E-state index in [1.54, 1.807) is 12.0 Å². The number of amides is 2. The monoisotopic (exact) mass is 479 g/mol. The molecule has 1 heterocycles. The van der Waals surface area contributed by atoms with Crippen LogP contribution >= 0.6 is 11.6 Å². The molecular weight excluding hydrogens is 455 g/mol. The maximum atomic E-state index is 13.0. The Bertz CT molecular complexity index is 1070. The summed E-state index contributed by atoms with van der Waals surface area (Å²) in [5.74, 6) is 0. The average molecular weight is 480 g/mol. The molecule has 33 heavy (non-hydrogen) atoms. The molecule has 0 aliphatic carbocycles. The highest BCUT2D eigenvalue weighted by atomic mass is 35.5. The van der Waals surface area contributed by atoms with Crippen LogP contribution in [0, 0.1) is 0 Å². The van der Waals surface area contributed by atoms with E-state index in [0.717, 1.165) is 23.4 Å². The van der Waals surface area contributed by atoms with Crippen molar-refractivity contribution in [2.75, 3.05) is 25.6 Å². The predicted octanol–water partition coefficient (Wildman–Crippen LogP) is 6.28. The minimum atomic E-state index is -4.49. The SMILES string of the molecule is COCCCN(Cc1cccn1Cc1ccccc1Cl)C(=O)Nc1cccc(C(F)(F)F)c1. The van der Waals surface area contributed by atoms with Crippen molar-refractivity contribution in [3.05, 3.63) is 88.7 Å². The van der Waals surface area contributed by atoms with Gasteiger partial charge in [0.1, 0.15) is 0 Å². The Balaban J connectivity index is 1.76. The van der Waals surface area contributed by atoms with Crippen LogP contribution in [0.3, 0.4) is 0 Å². The number of methoxy groups -OCH3 is 1. The summed E-state index contributed by atoms with van der Waals surface area (Å²) in [5.41, 5.74) is 1.07. The Labute approximate surface area is 195 Å². The van der Waals surface area contributed by atoms with Crippen molar-refractivity contribution in [1.82, 2.24) is 9.47 Å². The molecule has 5 nitrogen and oxygen atoms in total. The van der Waals surface area contributed by atoms with Crippen molar-refractivity contribution in [3.63, 3.8) is 0 Å². The minimum Gasteiger partial charge on any atom is -0.385 e. The van der Waals surface area contributed by atoms with Crippen LogP contribution in [0.2, 0.25) is 5.02 Å². The minimum absolute atomic E-state index is 0.0815. The molecule has 2 aromatic carbocycles. The summed E-state index contributed by atoms with van der Waals surface area (Å²) in [4.78, 5) is 14.5. The van der Waals surface area contributed by atoms with E-state index >= 15 is 0 Å². The Kier molecular flexibility index (Phi) is 8.41. The van der Waals surface area contributed by atoms with Crippen LogP contribution in [0.4, 0.5) is 23.7 Å². The van der Waals surface area contributed by atoms with Gasteiger partial charge in [-0.2, -0.15) is 13.2 Å². The van der Waals surface area contributed by atoms with Crippen LogP contribution in [-0.2, 0) is 24.0 Å². The lowest BCUT2D eigenvalue weighted by atomic mass is 10.2. The molecule has 1 aromatic heterocycles. The third-order valence-electron chi connectivity index (χ3n) is 5.08. The highest BCUT2D eigenvalue weighted by molar-refractivity contribution is 6.31. The van der Waals surface area contributed by atoms with Crippen LogP contribution in [0.5, 0.6) is 0 Å². The number of carbonyl (C=O) groups excluding carboxylic acids is 1. The van der Waals surface area contributed by atoms with Gasteiger partial charge in [-0.3, -0.25) is 0 Å². The molecule has 0 aliphatic rings. The van der Waals surface area contributed by atoms with Gasteiger partial charge in [0, 0.05) is 49.4 Å². The van der Waals surface area contributed by atoms with E-state index in [0.29, 0.717) is 31.1 Å². The van der Waals surface area contributed by atoms with Crippen LogP contribution in [0.15, 0.2) is 66.9 Å². The molecule has 2 amide bonds. The summed E-state index contributed by atoms with van der Waals surface area (Å²) >= 11 is 6.29. The van der Waals surface area contributed by atoms with Crippen molar-refractivity contribution < 1.29 is 22.7 Å². The first-order valence-electron chi connectivity index (χ1n) is 10.4. The summed E-state index contributed by atoms with van der Waals surface area (Å²) < 4.78 is 46.2. The maximum Gasteiger partial charge on any atom is 0.416 e. The molecule has 0 saturated heterocycles. The maximum absolute atomic E-state index is 13.0. The number of carbonyl (C=O) groups is 1. The van der Waals surface area contributed by atoms with Crippen LogP contribution in [-0.4, -0.2) is 35.8 Å². The third-order valence-corrected chi connectivity index (χ3v) is 5.45. The second-order valence-electron chi connectivity index (χ2n) is 7.50. The molecule has 1 N–H and O–H groups in total. The number of nitrogens with zero attached hydrogens (tertiary/aromatic N) is 2. The average Bonchev–Trinajstić information content (AvgIpc) is 3.21. The van der Waals surface area contributed by atoms with Crippen LogP contribution < -0.4 is 5.32 Å². The highest BCUT2D eigenvalue weighted by Gasteiger charge is 2.30. The summed E-state index contributed by atoms with van der Waals surface area (Å²) in [5, 5.41) is 3.24. The van der Waals surface area contributed by atoms with Gasteiger partial charge in [-0.05, 0) is 48.4 Å². The molecule has 176 valence electrons. The number of anilines is 1. The van der Waals surface area contributed by atoms with Crippen molar-refractivity contribution in [3.8, 4) is 0 Å². The zero-order valence-corrected chi connectivity index (χ0v) is 18.9. The van der Waals surface area contributed by atoms with Gasteiger partial charge in [-0.1, -0.05) is 35.9 Å². The normalized spacial score (nSPS) is 11.4. The number of halogens is 4. The largest absolute Gasteiger partial charge is 0.416 e. The number of benzene rings is 2. The summed E-state index contributed by atoms with van der Waals surface area (Å²) in [6, 6.07) is 15.4. The quantitative estimate of drug-likeness (QED) is 0.367. The van der Waals surface area contributed by atoms with Gasteiger partial charge in [-0.25, -0.2) is 4.79 Å². The molecule has 0 fully saturated rings. The zero-order chi connectivity index (χ0) is 23.8. The molecule has 9 heteroatoms. The molecule has 0 saturated carbocycles. The van der Waals surface area contributed by atoms with Crippen molar-refractivity contribution in [2.24, 2.45) is 0 Å². The fourth-order valence-electron chi connectivity index (χ4n) is 3.38. The number of urea groups is 1. The van der Waals surface area contributed by atoms with E-state index < -0.39 is 17.8 Å². The number of aromatic nitrogens is 1. The van der Waals surface area contributed by atoms with Crippen LogP contribution in [0.1, 0.15) is 23.2 Å². The number of rotatable bonds is 9. The predicted molar refractivity (Wildman–Crippen MR) is 122 cm³/mol. The Morgan fingerprint density at radius 1 is 1.12 bits per heavy atom. The first kappa shape index (κ1) is 24.7. The smallest absolute Gasteiger partial charge is 0.385 e. The van der Waals surface area contributed by atoms with Crippen molar-refractivity contribution in [1.29, 1.82) is 0 Å². The first-order valence-corrected chi connectivity index (χ1v) is 10.8. The molecule has 3 aromatic rings. The molecule has 3 rings (SSSR count).